The van der Waals surface area contributed by atoms with Crippen molar-refractivity contribution in [2.45, 2.75) is 62.8 Å². The van der Waals surface area contributed by atoms with Crippen molar-refractivity contribution in [3.8, 4) is 0 Å². The summed E-state index contributed by atoms with van der Waals surface area (Å²) in [5.74, 6) is 0.829. The lowest BCUT2D eigenvalue weighted by molar-refractivity contribution is 0.941. The van der Waals surface area contributed by atoms with Crippen molar-refractivity contribution < 1.29 is 0 Å². The number of aromatic nitrogens is 6. The molecular weight excluding hydrogens is 408 g/mol. The topological polar surface area (TPSA) is 77.3 Å². The molecule has 0 radical (unpaired) electrons. The average Bonchev–Trinajstić information content (AvgIpc) is 2.78. The van der Waals surface area contributed by atoms with Crippen LogP contribution in [-0.2, 0) is 0 Å². The Morgan fingerprint density at radius 2 is 0.727 bits per heavy atom. The van der Waals surface area contributed by atoms with Crippen molar-refractivity contribution in [2.24, 2.45) is 0 Å². The SMILES string of the molecule is C.Cc1ccc(C)nc1.Cc1ccc(C)nc1.Cc1ccc(C)nn1.Cc1cnc(C)nc1. The monoisotopic (exact) mass is 446 g/mol. The van der Waals surface area contributed by atoms with Gasteiger partial charge in [0.1, 0.15) is 5.82 Å². The molecule has 0 atom stereocenters. The van der Waals surface area contributed by atoms with Crippen LogP contribution in [0.1, 0.15) is 52.7 Å². The highest BCUT2D eigenvalue weighted by atomic mass is 15.1. The zero-order valence-corrected chi connectivity index (χ0v) is 20.5. The van der Waals surface area contributed by atoms with Crippen molar-refractivity contribution in [2.75, 3.05) is 0 Å². The molecule has 0 bridgehead atoms. The first-order valence-corrected chi connectivity index (χ1v) is 10.5. The third-order valence-corrected chi connectivity index (χ3v) is 3.96. The standard InChI is InChI=1S/2C7H9N.2C6H8N2.CH4/c2*1-6-3-4-7(2)8-5-6;1-5-3-7-6(2)8-4-5;1-5-3-4-6(2)8-7-5;/h2*3-5H,1-2H3;2*3-4H,1-2H3;1H4. The third-order valence-electron chi connectivity index (χ3n) is 3.96. The number of pyridine rings is 2. The van der Waals surface area contributed by atoms with Gasteiger partial charge in [-0.25, -0.2) is 9.97 Å². The quantitative estimate of drug-likeness (QED) is 0.319. The van der Waals surface area contributed by atoms with E-state index < -0.39 is 0 Å². The Morgan fingerprint density at radius 3 is 0.970 bits per heavy atom. The largest absolute Gasteiger partial charge is 0.261 e. The van der Waals surface area contributed by atoms with Crippen molar-refractivity contribution in [3.05, 3.63) is 106 Å². The summed E-state index contributed by atoms with van der Waals surface area (Å²) in [5.41, 5.74) is 7.64. The molecule has 6 heteroatoms. The molecule has 0 aromatic carbocycles. The van der Waals surface area contributed by atoms with Gasteiger partial charge < -0.3 is 0 Å². The Morgan fingerprint density at radius 1 is 0.394 bits per heavy atom. The molecule has 0 aliphatic carbocycles. The van der Waals surface area contributed by atoms with Crippen LogP contribution >= 0.6 is 0 Å². The first-order valence-electron chi connectivity index (χ1n) is 10.5. The lowest BCUT2D eigenvalue weighted by Crippen LogP contribution is -1.86. The fourth-order valence-electron chi connectivity index (χ4n) is 2.01. The molecule has 0 saturated heterocycles. The molecule has 0 aliphatic rings. The van der Waals surface area contributed by atoms with E-state index in [0.717, 1.165) is 34.2 Å². The van der Waals surface area contributed by atoms with Gasteiger partial charge in [-0.2, -0.15) is 10.2 Å². The van der Waals surface area contributed by atoms with E-state index in [-0.39, 0.29) is 7.43 Å². The summed E-state index contributed by atoms with van der Waals surface area (Å²) in [7, 11) is 0. The van der Waals surface area contributed by atoms with Crippen LogP contribution in [0.5, 0.6) is 0 Å². The van der Waals surface area contributed by atoms with Crippen molar-refractivity contribution in [3.63, 3.8) is 0 Å². The van der Waals surface area contributed by atoms with Gasteiger partial charge in [0.05, 0.1) is 11.4 Å². The second-order valence-electron chi connectivity index (χ2n) is 7.58. The first-order chi connectivity index (χ1) is 15.2. The number of hydrogen-bond acceptors (Lipinski definition) is 6. The van der Waals surface area contributed by atoms with Crippen LogP contribution in [0.15, 0.2) is 61.2 Å². The maximum atomic E-state index is 4.08. The fraction of sp³-hybridized carbons (Fsp3) is 0.333. The smallest absolute Gasteiger partial charge is 0.125 e. The Hall–Kier alpha value is -3.54. The molecule has 0 unspecified atom stereocenters. The Labute approximate surface area is 199 Å². The maximum absolute atomic E-state index is 4.08. The van der Waals surface area contributed by atoms with Crippen LogP contribution in [0, 0.1) is 55.4 Å². The van der Waals surface area contributed by atoms with E-state index in [2.05, 4.69) is 42.3 Å². The molecule has 4 aromatic heterocycles. The fourth-order valence-corrected chi connectivity index (χ4v) is 2.01. The highest BCUT2D eigenvalue weighted by Crippen LogP contribution is 1.95. The summed E-state index contributed by atoms with van der Waals surface area (Å²) in [6.07, 6.45) is 7.36. The molecule has 0 N–H and O–H groups in total. The summed E-state index contributed by atoms with van der Waals surface area (Å²) < 4.78 is 0. The van der Waals surface area contributed by atoms with E-state index in [1.807, 2.05) is 104 Å². The number of aryl methyl sites for hydroxylation is 8. The van der Waals surface area contributed by atoms with Gasteiger partial charge in [0.2, 0.25) is 0 Å². The van der Waals surface area contributed by atoms with Gasteiger partial charge in [-0.1, -0.05) is 19.6 Å². The van der Waals surface area contributed by atoms with Gasteiger partial charge in [-0.15, -0.1) is 0 Å². The van der Waals surface area contributed by atoms with E-state index in [1.54, 1.807) is 0 Å². The normalized spacial score (nSPS) is 8.97. The molecule has 0 spiro atoms. The average molecular weight is 447 g/mol. The van der Waals surface area contributed by atoms with Crippen LogP contribution in [0.25, 0.3) is 0 Å². The molecule has 0 amide bonds. The number of hydrogen-bond donors (Lipinski definition) is 0. The lowest BCUT2D eigenvalue weighted by Gasteiger charge is -1.89. The maximum Gasteiger partial charge on any atom is 0.125 e. The summed E-state index contributed by atoms with van der Waals surface area (Å²) in [4.78, 5) is 16.1. The molecule has 4 rings (SSSR count). The summed E-state index contributed by atoms with van der Waals surface area (Å²) in [5, 5.41) is 7.66. The minimum atomic E-state index is 0. The second kappa shape index (κ2) is 16.1. The van der Waals surface area contributed by atoms with Gasteiger partial charge >= 0.3 is 0 Å². The molecule has 0 fully saturated rings. The highest BCUT2D eigenvalue weighted by Gasteiger charge is 1.84. The molecule has 4 heterocycles. The predicted molar refractivity (Wildman–Crippen MR) is 137 cm³/mol. The van der Waals surface area contributed by atoms with E-state index in [1.165, 1.54) is 11.1 Å². The Balaban J connectivity index is 0.000000410. The van der Waals surface area contributed by atoms with Crippen LogP contribution in [0.2, 0.25) is 0 Å². The van der Waals surface area contributed by atoms with Crippen LogP contribution < -0.4 is 0 Å². The molecule has 176 valence electrons. The summed E-state index contributed by atoms with van der Waals surface area (Å²) in [6, 6.07) is 12.0. The number of nitrogens with zero attached hydrogens (tertiary/aromatic N) is 6. The molecular formula is C27H38N6. The number of rotatable bonds is 0. The molecule has 6 nitrogen and oxygen atoms in total. The molecule has 0 aliphatic heterocycles. The van der Waals surface area contributed by atoms with Gasteiger partial charge in [-0.05, 0) is 96.3 Å². The van der Waals surface area contributed by atoms with Gasteiger partial charge in [-0.3, -0.25) is 9.97 Å². The van der Waals surface area contributed by atoms with Crippen molar-refractivity contribution in [1.82, 2.24) is 30.1 Å². The minimum Gasteiger partial charge on any atom is -0.261 e. The van der Waals surface area contributed by atoms with E-state index >= 15 is 0 Å². The van der Waals surface area contributed by atoms with E-state index in [4.69, 9.17) is 0 Å². The van der Waals surface area contributed by atoms with Gasteiger partial charge in [0.25, 0.3) is 0 Å². The van der Waals surface area contributed by atoms with Crippen LogP contribution in [0.3, 0.4) is 0 Å². The highest BCUT2D eigenvalue weighted by molar-refractivity contribution is 5.11. The second-order valence-corrected chi connectivity index (χ2v) is 7.58. The third kappa shape index (κ3) is 15.0. The molecule has 33 heavy (non-hydrogen) atoms. The zero-order chi connectivity index (χ0) is 23.9. The Bertz CT molecular complexity index is 752. The predicted octanol–water partition coefficient (Wildman–Crippen LogP) is 6.22. The minimum absolute atomic E-state index is 0. The van der Waals surface area contributed by atoms with E-state index in [9.17, 15) is 0 Å². The lowest BCUT2D eigenvalue weighted by atomic mass is 10.3. The van der Waals surface area contributed by atoms with Crippen molar-refractivity contribution >= 4 is 0 Å². The first kappa shape index (κ1) is 29.5. The van der Waals surface area contributed by atoms with Crippen LogP contribution in [0.4, 0.5) is 0 Å². The molecule has 4 aromatic rings. The van der Waals surface area contributed by atoms with Gasteiger partial charge in [0.15, 0.2) is 0 Å². The van der Waals surface area contributed by atoms with Crippen LogP contribution in [-0.4, -0.2) is 30.1 Å². The van der Waals surface area contributed by atoms with E-state index in [0.29, 0.717) is 0 Å². The summed E-state index contributed by atoms with van der Waals surface area (Å²) in [6.45, 7) is 15.7. The van der Waals surface area contributed by atoms with Gasteiger partial charge in [0, 0.05) is 36.2 Å². The summed E-state index contributed by atoms with van der Waals surface area (Å²) >= 11 is 0. The zero-order valence-electron chi connectivity index (χ0n) is 20.5. The van der Waals surface area contributed by atoms with Crippen molar-refractivity contribution in [1.29, 1.82) is 0 Å². The Kier molecular flexibility index (Phi) is 14.4. The molecule has 0 saturated carbocycles.